The molecule has 3 aromatic heterocycles. The Morgan fingerprint density at radius 2 is 1.78 bits per heavy atom. The van der Waals surface area contributed by atoms with E-state index in [4.69, 9.17) is 5.26 Å². The lowest BCUT2D eigenvalue weighted by Crippen LogP contribution is -2.13. The number of nitrogens with zero attached hydrogens (tertiary/aromatic N) is 5. The van der Waals surface area contributed by atoms with Gasteiger partial charge < -0.3 is 15.6 Å². The van der Waals surface area contributed by atoms with Crippen LogP contribution in [0.1, 0.15) is 29.8 Å². The molecule has 0 saturated carbocycles. The van der Waals surface area contributed by atoms with E-state index in [1.165, 1.54) is 6.33 Å². The molecule has 0 spiro atoms. The molecule has 2 aromatic carbocycles. The standard InChI is InChI=1S/C17H15N7.C11H11NO/c1-18-11-4-2-5-12(8-11)24-16-13(6-3-7-19-16)14-15-17(22-9-20-14)23-10-21-15;1-11(2,8-12)10-5-3-4-9(6-10)7-13/h2-10,18H,1H3,(H,19,24)(H,20,21,22,23);3-7H,1-2H3. The summed E-state index contributed by atoms with van der Waals surface area (Å²) in [6.45, 7) is 3.66. The summed E-state index contributed by atoms with van der Waals surface area (Å²) in [6, 6.07) is 21.2. The van der Waals surface area contributed by atoms with Gasteiger partial charge in [-0.1, -0.05) is 24.3 Å². The third-order valence-corrected chi connectivity index (χ3v) is 5.72. The Hall–Kier alpha value is -5.10. The van der Waals surface area contributed by atoms with E-state index < -0.39 is 5.41 Å². The van der Waals surface area contributed by atoms with Crippen LogP contribution in [0.3, 0.4) is 0 Å². The summed E-state index contributed by atoms with van der Waals surface area (Å²) in [5.41, 5.74) is 5.98. The second-order valence-electron chi connectivity index (χ2n) is 8.66. The van der Waals surface area contributed by atoms with Crippen LogP contribution in [0, 0.1) is 11.3 Å². The van der Waals surface area contributed by atoms with Crippen LogP contribution in [0.15, 0.2) is 79.5 Å². The van der Waals surface area contributed by atoms with E-state index in [1.807, 2.05) is 63.4 Å². The zero-order valence-electron chi connectivity index (χ0n) is 20.7. The number of anilines is 3. The third-order valence-electron chi connectivity index (χ3n) is 5.72. The summed E-state index contributed by atoms with van der Waals surface area (Å²) >= 11 is 0. The second kappa shape index (κ2) is 11.1. The van der Waals surface area contributed by atoms with Gasteiger partial charge in [0.15, 0.2) is 5.65 Å². The fourth-order valence-corrected chi connectivity index (χ4v) is 3.62. The van der Waals surface area contributed by atoms with Gasteiger partial charge in [0, 0.05) is 35.7 Å². The van der Waals surface area contributed by atoms with Crippen molar-refractivity contribution in [2.75, 3.05) is 17.7 Å². The molecule has 0 unspecified atom stereocenters. The highest BCUT2D eigenvalue weighted by Gasteiger charge is 2.19. The fourth-order valence-electron chi connectivity index (χ4n) is 3.62. The number of benzene rings is 2. The average molecular weight is 491 g/mol. The van der Waals surface area contributed by atoms with E-state index in [0.29, 0.717) is 11.2 Å². The van der Waals surface area contributed by atoms with Crippen molar-refractivity contribution in [1.29, 1.82) is 5.26 Å². The minimum atomic E-state index is -0.529. The SMILES string of the molecule is CC(C)(C#N)c1cccc(C=O)c1.CNc1cccc(Nc2ncccc2-c2ncnc3nc[nH]c23)c1. The Kier molecular flexibility index (Phi) is 7.50. The monoisotopic (exact) mass is 490 g/mol. The summed E-state index contributed by atoms with van der Waals surface area (Å²) < 4.78 is 0. The minimum Gasteiger partial charge on any atom is -0.388 e. The van der Waals surface area contributed by atoms with Crippen molar-refractivity contribution in [3.63, 3.8) is 0 Å². The first-order chi connectivity index (χ1) is 17.9. The van der Waals surface area contributed by atoms with E-state index in [1.54, 1.807) is 30.7 Å². The molecule has 0 radical (unpaired) electrons. The van der Waals surface area contributed by atoms with Crippen LogP contribution in [0.5, 0.6) is 0 Å². The van der Waals surface area contributed by atoms with Crippen LogP contribution >= 0.6 is 0 Å². The average Bonchev–Trinajstić information content (AvgIpc) is 3.43. The molecule has 5 rings (SSSR count). The van der Waals surface area contributed by atoms with Crippen molar-refractivity contribution in [1.82, 2.24) is 24.9 Å². The molecule has 3 N–H and O–H groups in total. The van der Waals surface area contributed by atoms with Crippen LogP contribution < -0.4 is 10.6 Å². The van der Waals surface area contributed by atoms with E-state index >= 15 is 0 Å². The van der Waals surface area contributed by atoms with Crippen molar-refractivity contribution < 1.29 is 4.79 Å². The van der Waals surface area contributed by atoms with Gasteiger partial charge in [-0.3, -0.25) is 4.79 Å². The number of nitriles is 1. The second-order valence-corrected chi connectivity index (χ2v) is 8.66. The van der Waals surface area contributed by atoms with E-state index in [9.17, 15) is 4.79 Å². The van der Waals surface area contributed by atoms with Gasteiger partial charge in [0.1, 0.15) is 29.6 Å². The van der Waals surface area contributed by atoms with Gasteiger partial charge in [0.25, 0.3) is 0 Å². The highest BCUT2D eigenvalue weighted by atomic mass is 16.1. The Balaban J connectivity index is 0.000000209. The molecule has 9 heteroatoms. The zero-order chi connectivity index (χ0) is 26.3. The Morgan fingerprint density at radius 1 is 0.973 bits per heavy atom. The normalized spacial score (nSPS) is 10.6. The van der Waals surface area contributed by atoms with Crippen LogP contribution in [-0.4, -0.2) is 38.3 Å². The van der Waals surface area contributed by atoms with Gasteiger partial charge in [-0.05, 0) is 55.8 Å². The van der Waals surface area contributed by atoms with E-state index in [2.05, 4.69) is 41.6 Å². The Bertz CT molecular complexity index is 1570. The van der Waals surface area contributed by atoms with Crippen molar-refractivity contribution in [2.24, 2.45) is 0 Å². The number of pyridine rings is 1. The van der Waals surface area contributed by atoms with Gasteiger partial charge in [0.05, 0.1) is 17.8 Å². The molecule has 0 aliphatic heterocycles. The third kappa shape index (κ3) is 5.77. The number of hydrogen-bond acceptors (Lipinski definition) is 8. The van der Waals surface area contributed by atoms with Gasteiger partial charge in [-0.25, -0.2) is 19.9 Å². The molecule has 0 atom stereocenters. The maximum Gasteiger partial charge on any atom is 0.181 e. The van der Waals surface area contributed by atoms with Gasteiger partial charge in [-0.2, -0.15) is 5.26 Å². The lowest BCUT2D eigenvalue weighted by Gasteiger charge is -2.15. The van der Waals surface area contributed by atoms with Crippen LogP contribution in [0.4, 0.5) is 17.2 Å². The number of H-pyrrole nitrogens is 1. The molecule has 0 fully saturated rings. The van der Waals surface area contributed by atoms with Crippen LogP contribution in [0.2, 0.25) is 0 Å². The molecule has 184 valence electrons. The number of hydrogen-bond donors (Lipinski definition) is 3. The molecule has 0 aliphatic rings. The maximum atomic E-state index is 10.5. The molecule has 0 bridgehead atoms. The highest BCUT2D eigenvalue weighted by Crippen LogP contribution is 2.30. The Morgan fingerprint density at radius 3 is 2.57 bits per heavy atom. The van der Waals surface area contributed by atoms with Crippen molar-refractivity contribution in [3.8, 4) is 17.3 Å². The molecule has 37 heavy (non-hydrogen) atoms. The van der Waals surface area contributed by atoms with Gasteiger partial charge in [-0.15, -0.1) is 0 Å². The molecule has 0 amide bonds. The number of rotatable bonds is 6. The van der Waals surface area contributed by atoms with Crippen molar-refractivity contribution in [2.45, 2.75) is 19.3 Å². The number of carbonyl (C=O) groups excluding carboxylic acids is 1. The predicted octanol–water partition coefficient (Wildman–Crippen LogP) is 5.50. The number of aldehydes is 1. The number of carbonyl (C=O) groups is 1. The number of imidazole rings is 1. The lowest BCUT2D eigenvalue weighted by atomic mass is 9.86. The molecular formula is C28H26N8O. The summed E-state index contributed by atoms with van der Waals surface area (Å²) in [6.07, 6.45) is 5.66. The first kappa shape index (κ1) is 25.0. The zero-order valence-corrected chi connectivity index (χ0v) is 20.7. The van der Waals surface area contributed by atoms with E-state index in [0.717, 1.165) is 45.8 Å². The minimum absolute atomic E-state index is 0.529. The predicted molar refractivity (Wildman–Crippen MR) is 145 cm³/mol. The molecule has 5 aromatic rings. The van der Waals surface area contributed by atoms with Crippen LogP contribution in [0.25, 0.3) is 22.4 Å². The summed E-state index contributed by atoms with van der Waals surface area (Å²) in [4.78, 5) is 30.8. The first-order valence-electron chi connectivity index (χ1n) is 11.6. The van der Waals surface area contributed by atoms with E-state index in [-0.39, 0.29) is 0 Å². The highest BCUT2D eigenvalue weighted by molar-refractivity contribution is 5.91. The number of nitrogens with one attached hydrogen (secondary N) is 3. The molecule has 3 heterocycles. The molecule has 0 saturated heterocycles. The largest absolute Gasteiger partial charge is 0.388 e. The molecule has 0 aliphatic carbocycles. The van der Waals surface area contributed by atoms with Crippen LogP contribution in [-0.2, 0) is 5.41 Å². The van der Waals surface area contributed by atoms with Crippen molar-refractivity contribution >= 4 is 34.6 Å². The number of aromatic amines is 1. The fraction of sp³-hybridized carbons (Fsp3) is 0.143. The van der Waals surface area contributed by atoms with Gasteiger partial charge >= 0.3 is 0 Å². The lowest BCUT2D eigenvalue weighted by molar-refractivity contribution is 0.112. The maximum absolute atomic E-state index is 10.5. The van der Waals surface area contributed by atoms with Crippen molar-refractivity contribution in [3.05, 3.63) is 90.6 Å². The molecular weight excluding hydrogens is 464 g/mol. The smallest absolute Gasteiger partial charge is 0.181 e. The quantitative estimate of drug-likeness (QED) is 0.266. The summed E-state index contributed by atoms with van der Waals surface area (Å²) in [5, 5.41) is 15.4. The first-order valence-corrected chi connectivity index (χ1v) is 11.6. The number of fused-ring (bicyclic) bond motifs is 1. The summed E-state index contributed by atoms with van der Waals surface area (Å²) in [7, 11) is 1.89. The Labute approximate surface area is 214 Å². The number of aromatic nitrogens is 5. The molecule has 9 nitrogen and oxygen atoms in total. The van der Waals surface area contributed by atoms with Gasteiger partial charge in [0.2, 0.25) is 0 Å². The summed E-state index contributed by atoms with van der Waals surface area (Å²) in [5.74, 6) is 0.723. The topological polar surface area (TPSA) is 132 Å².